The molecule has 0 aliphatic heterocycles. The van der Waals surface area contributed by atoms with Gasteiger partial charge >= 0.3 is 0 Å². The fraction of sp³-hybridized carbons (Fsp3) is 0. The van der Waals surface area contributed by atoms with Crippen molar-refractivity contribution in [2.24, 2.45) is 0 Å². The van der Waals surface area contributed by atoms with Crippen LogP contribution in [0.4, 0.5) is 21.5 Å². The molecule has 0 amide bonds. The van der Waals surface area contributed by atoms with Gasteiger partial charge in [-0.25, -0.2) is 4.39 Å². The van der Waals surface area contributed by atoms with E-state index in [-0.39, 0.29) is 5.82 Å². The van der Waals surface area contributed by atoms with Crippen LogP contribution in [0, 0.1) is 5.82 Å². The summed E-state index contributed by atoms with van der Waals surface area (Å²) in [4.78, 5) is 2.08. The van der Waals surface area contributed by atoms with Crippen LogP contribution >= 0.6 is 0 Å². The number of benzene rings is 8. The lowest BCUT2D eigenvalue weighted by atomic mass is 9.95. The number of aromatic nitrogens is 1. The molecule has 0 N–H and O–H groups in total. The van der Waals surface area contributed by atoms with Gasteiger partial charge in [-0.1, -0.05) is 146 Å². The van der Waals surface area contributed by atoms with E-state index in [2.05, 4.69) is 131 Å². The zero-order chi connectivity index (χ0) is 34.1. The molecule has 0 spiro atoms. The Labute approximate surface area is 296 Å². The van der Waals surface area contributed by atoms with Crippen LogP contribution in [-0.2, 0) is 0 Å². The lowest BCUT2D eigenvalue weighted by molar-refractivity contribution is 0.630. The fourth-order valence-electron chi connectivity index (χ4n) is 7.26. The summed E-state index contributed by atoms with van der Waals surface area (Å²) in [6, 6.07) is 68.1. The number of nitrogens with zero attached hydrogens (tertiary/aromatic N) is 2. The predicted molar refractivity (Wildman–Crippen MR) is 212 cm³/mol. The van der Waals surface area contributed by atoms with E-state index in [0.29, 0.717) is 5.69 Å². The Bertz CT molecular complexity index is 2610. The summed E-state index contributed by atoms with van der Waals surface area (Å²) in [6.45, 7) is 0. The van der Waals surface area contributed by atoms with E-state index >= 15 is 4.39 Å². The van der Waals surface area contributed by atoms with Crippen molar-refractivity contribution in [2.75, 3.05) is 4.90 Å². The van der Waals surface area contributed by atoms with Gasteiger partial charge in [-0.05, 0) is 82.4 Å². The molecule has 9 rings (SSSR count). The smallest absolute Gasteiger partial charge is 0.148 e. The van der Waals surface area contributed by atoms with Gasteiger partial charge in [0.25, 0.3) is 0 Å². The Kier molecular flexibility index (Phi) is 7.71. The Morgan fingerprint density at radius 1 is 0.373 bits per heavy atom. The molecule has 2 nitrogen and oxygen atoms in total. The number of para-hydroxylation sites is 2. The minimum absolute atomic E-state index is 0.300. The molecule has 0 fully saturated rings. The van der Waals surface area contributed by atoms with Crippen LogP contribution in [0.2, 0.25) is 0 Å². The maximum absolute atomic E-state index is 17.2. The molecule has 0 atom stereocenters. The van der Waals surface area contributed by atoms with Gasteiger partial charge in [-0.15, -0.1) is 0 Å². The van der Waals surface area contributed by atoms with Crippen LogP contribution in [0.3, 0.4) is 0 Å². The summed E-state index contributed by atoms with van der Waals surface area (Å²) in [5.74, 6) is -0.300. The summed E-state index contributed by atoms with van der Waals surface area (Å²) in [7, 11) is 0. The van der Waals surface area contributed by atoms with E-state index in [1.54, 1.807) is 6.07 Å². The molecule has 0 bridgehead atoms. The molecule has 0 saturated carbocycles. The number of anilines is 3. The Morgan fingerprint density at radius 3 is 1.55 bits per heavy atom. The maximum Gasteiger partial charge on any atom is 0.148 e. The van der Waals surface area contributed by atoms with Gasteiger partial charge in [0, 0.05) is 33.4 Å². The van der Waals surface area contributed by atoms with Gasteiger partial charge in [0.15, 0.2) is 0 Å². The van der Waals surface area contributed by atoms with Crippen LogP contribution in [0.15, 0.2) is 200 Å². The summed E-state index contributed by atoms with van der Waals surface area (Å²) < 4.78 is 19.5. The van der Waals surface area contributed by atoms with Gasteiger partial charge in [-0.3, -0.25) is 0 Å². The minimum atomic E-state index is -0.300. The van der Waals surface area contributed by atoms with Crippen LogP contribution < -0.4 is 4.90 Å². The molecule has 0 aliphatic carbocycles. The fourth-order valence-corrected chi connectivity index (χ4v) is 7.26. The molecule has 242 valence electrons. The van der Waals surface area contributed by atoms with E-state index in [4.69, 9.17) is 0 Å². The first-order valence-electron chi connectivity index (χ1n) is 17.2. The maximum atomic E-state index is 17.2. The van der Waals surface area contributed by atoms with E-state index in [1.165, 1.54) is 5.39 Å². The number of fused-ring (bicyclic) bond motifs is 3. The Hall–Kier alpha value is -6.71. The monoisotopic (exact) mass is 656 g/mol. The van der Waals surface area contributed by atoms with E-state index < -0.39 is 0 Å². The first kappa shape index (κ1) is 30.4. The highest BCUT2D eigenvalue weighted by atomic mass is 19.1. The van der Waals surface area contributed by atoms with Crippen LogP contribution in [0.5, 0.6) is 0 Å². The molecular weight excluding hydrogens is 624 g/mol. The Morgan fingerprint density at radius 2 is 0.882 bits per heavy atom. The third-order valence-electron chi connectivity index (χ3n) is 9.64. The molecule has 8 aromatic carbocycles. The van der Waals surface area contributed by atoms with Gasteiger partial charge < -0.3 is 9.47 Å². The van der Waals surface area contributed by atoms with E-state index in [0.717, 1.165) is 66.9 Å². The standard InChI is InChI=1S/C48H33FN2/c49-45-32-38(35-17-7-2-8-18-35)31-44(37-19-9-3-10-20-37)48(45)50(40-27-25-36(26-28-40)34-15-5-1-6-16-34)41-29-30-43-42-23-13-14-24-46(42)51(47(43)33-41)39-21-11-4-12-22-39/h1-33H. The molecule has 0 radical (unpaired) electrons. The predicted octanol–water partition coefficient (Wildman–Crippen LogP) is 13.4. The number of rotatable bonds is 7. The summed E-state index contributed by atoms with van der Waals surface area (Å²) in [5.41, 5.74) is 11.2. The Balaban J connectivity index is 1.32. The second kappa shape index (κ2) is 13.0. The molecule has 0 unspecified atom stereocenters. The minimum Gasteiger partial charge on any atom is -0.309 e. The molecular formula is C48H33FN2. The third kappa shape index (κ3) is 5.55. The van der Waals surface area contributed by atoms with Crippen molar-refractivity contribution in [2.45, 2.75) is 0 Å². The summed E-state index contributed by atoms with van der Waals surface area (Å²) in [5, 5.41) is 2.31. The molecule has 3 heteroatoms. The van der Waals surface area contributed by atoms with E-state index in [1.807, 2.05) is 72.8 Å². The SMILES string of the molecule is Fc1cc(-c2ccccc2)cc(-c2ccccc2)c1N(c1ccc(-c2ccccc2)cc1)c1ccc2c3ccccc3n(-c3ccccc3)c2c1. The zero-order valence-electron chi connectivity index (χ0n) is 27.8. The summed E-state index contributed by atoms with van der Waals surface area (Å²) >= 11 is 0. The molecule has 1 heterocycles. The third-order valence-corrected chi connectivity index (χ3v) is 9.64. The second-order valence-corrected chi connectivity index (χ2v) is 12.7. The normalized spacial score (nSPS) is 11.2. The molecule has 51 heavy (non-hydrogen) atoms. The number of hydrogen-bond acceptors (Lipinski definition) is 1. The first-order chi connectivity index (χ1) is 25.2. The van der Waals surface area contributed by atoms with E-state index in [9.17, 15) is 0 Å². The lowest BCUT2D eigenvalue weighted by Crippen LogP contribution is -2.13. The highest BCUT2D eigenvalue weighted by molar-refractivity contribution is 6.10. The topological polar surface area (TPSA) is 8.17 Å². The lowest BCUT2D eigenvalue weighted by Gasteiger charge is -2.29. The molecule has 1 aromatic heterocycles. The average molecular weight is 657 g/mol. The van der Waals surface area contributed by atoms with Crippen molar-refractivity contribution in [1.82, 2.24) is 4.57 Å². The van der Waals surface area contributed by atoms with Gasteiger partial charge in [-0.2, -0.15) is 0 Å². The first-order valence-corrected chi connectivity index (χ1v) is 17.2. The quantitative estimate of drug-likeness (QED) is 0.166. The highest BCUT2D eigenvalue weighted by Crippen LogP contribution is 2.46. The van der Waals surface area contributed by atoms with Crippen LogP contribution in [-0.4, -0.2) is 4.57 Å². The van der Waals surface area contributed by atoms with Gasteiger partial charge in [0.2, 0.25) is 0 Å². The van der Waals surface area contributed by atoms with Crippen molar-refractivity contribution in [3.8, 4) is 39.1 Å². The average Bonchev–Trinajstić information content (AvgIpc) is 3.54. The number of hydrogen-bond donors (Lipinski definition) is 0. The second-order valence-electron chi connectivity index (χ2n) is 12.7. The van der Waals surface area contributed by atoms with Crippen molar-refractivity contribution >= 4 is 38.9 Å². The number of halogens is 1. The van der Waals surface area contributed by atoms with Crippen molar-refractivity contribution < 1.29 is 4.39 Å². The summed E-state index contributed by atoms with van der Waals surface area (Å²) in [6.07, 6.45) is 0. The van der Waals surface area contributed by atoms with Crippen molar-refractivity contribution in [3.63, 3.8) is 0 Å². The van der Waals surface area contributed by atoms with Crippen LogP contribution in [0.25, 0.3) is 60.9 Å². The molecule has 0 aliphatic rings. The van der Waals surface area contributed by atoms with Crippen LogP contribution in [0.1, 0.15) is 0 Å². The largest absolute Gasteiger partial charge is 0.309 e. The van der Waals surface area contributed by atoms with Crippen molar-refractivity contribution in [1.29, 1.82) is 0 Å². The van der Waals surface area contributed by atoms with Gasteiger partial charge in [0.05, 0.1) is 16.7 Å². The zero-order valence-corrected chi connectivity index (χ0v) is 27.8. The molecule has 0 saturated heterocycles. The highest BCUT2D eigenvalue weighted by Gasteiger charge is 2.24. The van der Waals surface area contributed by atoms with Gasteiger partial charge in [0.1, 0.15) is 5.82 Å². The van der Waals surface area contributed by atoms with Crippen molar-refractivity contribution in [3.05, 3.63) is 206 Å². The molecule has 9 aromatic rings.